The van der Waals surface area contributed by atoms with Crippen molar-refractivity contribution in [2.45, 2.75) is 19.4 Å². The summed E-state index contributed by atoms with van der Waals surface area (Å²) in [6, 6.07) is 3.05. The van der Waals surface area contributed by atoms with Gasteiger partial charge in [0.1, 0.15) is 17.2 Å². The molecule has 1 aromatic carbocycles. The Labute approximate surface area is 119 Å². The minimum absolute atomic E-state index is 0.184. The first-order valence-corrected chi connectivity index (χ1v) is 6.35. The van der Waals surface area contributed by atoms with E-state index in [2.05, 4.69) is 5.32 Å². The topological polar surface area (TPSA) is 82.8 Å². The summed E-state index contributed by atoms with van der Waals surface area (Å²) in [6.07, 6.45) is 0.578. The Kier molecular flexibility index (Phi) is 6.11. The summed E-state index contributed by atoms with van der Waals surface area (Å²) in [6.45, 7) is 2.10. The van der Waals surface area contributed by atoms with Crippen molar-refractivity contribution in [1.82, 2.24) is 5.32 Å². The van der Waals surface area contributed by atoms with Crippen LogP contribution in [0.15, 0.2) is 12.1 Å². The van der Waals surface area contributed by atoms with Gasteiger partial charge in [-0.05, 0) is 13.3 Å². The summed E-state index contributed by atoms with van der Waals surface area (Å²) in [5.41, 5.74) is 6.36. The third kappa shape index (κ3) is 4.03. The van der Waals surface area contributed by atoms with Gasteiger partial charge in [-0.2, -0.15) is 0 Å². The van der Waals surface area contributed by atoms with Gasteiger partial charge in [-0.1, -0.05) is 0 Å². The molecule has 0 aliphatic rings. The van der Waals surface area contributed by atoms with Crippen LogP contribution in [0.4, 0.5) is 0 Å². The second-order valence-electron chi connectivity index (χ2n) is 4.34. The van der Waals surface area contributed by atoms with Crippen molar-refractivity contribution in [3.63, 3.8) is 0 Å². The third-order valence-corrected chi connectivity index (χ3v) is 2.90. The second-order valence-corrected chi connectivity index (χ2v) is 4.34. The zero-order valence-corrected chi connectivity index (χ0v) is 12.4. The molecule has 0 aromatic heterocycles. The Hall–Kier alpha value is -1.95. The molecule has 0 saturated carbocycles. The average Bonchev–Trinajstić information content (AvgIpc) is 2.46. The van der Waals surface area contributed by atoms with Gasteiger partial charge >= 0.3 is 0 Å². The summed E-state index contributed by atoms with van der Waals surface area (Å²) >= 11 is 0. The van der Waals surface area contributed by atoms with Crippen LogP contribution in [0.25, 0.3) is 0 Å². The molecule has 1 aromatic rings. The van der Waals surface area contributed by atoms with Crippen molar-refractivity contribution in [2.75, 3.05) is 27.9 Å². The standard InChI is InChI=1S/C14H22N2O4/c1-9(15)14(17)16-6-5-11-12(19-3)7-10(18-2)8-13(11)20-4/h7-9H,5-6,15H2,1-4H3,(H,16,17)/t9-/m0/s1. The van der Waals surface area contributed by atoms with Crippen LogP contribution >= 0.6 is 0 Å². The number of amides is 1. The van der Waals surface area contributed by atoms with E-state index >= 15 is 0 Å². The Morgan fingerprint density at radius 3 is 2.15 bits per heavy atom. The van der Waals surface area contributed by atoms with Gasteiger partial charge in [0.05, 0.1) is 27.4 Å². The van der Waals surface area contributed by atoms with Gasteiger partial charge in [0.15, 0.2) is 0 Å². The van der Waals surface area contributed by atoms with Crippen LogP contribution in [0.2, 0.25) is 0 Å². The van der Waals surface area contributed by atoms with E-state index in [1.54, 1.807) is 40.4 Å². The maximum absolute atomic E-state index is 11.4. The predicted octanol–water partition coefficient (Wildman–Crippen LogP) is 0.718. The van der Waals surface area contributed by atoms with E-state index in [-0.39, 0.29) is 5.91 Å². The van der Waals surface area contributed by atoms with Crippen LogP contribution in [0.1, 0.15) is 12.5 Å². The maximum atomic E-state index is 11.4. The van der Waals surface area contributed by atoms with Crippen molar-refractivity contribution >= 4 is 5.91 Å². The van der Waals surface area contributed by atoms with E-state index in [1.165, 1.54) is 0 Å². The number of ether oxygens (including phenoxy) is 3. The van der Waals surface area contributed by atoms with Gasteiger partial charge in [-0.15, -0.1) is 0 Å². The van der Waals surface area contributed by atoms with Crippen molar-refractivity contribution in [3.05, 3.63) is 17.7 Å². The Morgan fingerprint density at radius 1 is 1.20 bits per heavy atom. The number of rotatable bonds is 7. The van der Waals surface area contributed by atoms with Gasteiger partial charge in [-0.25, -0.2) is 0 Å². The quantitative estimate of drug-likeness (QED) is 0.770. The summed E-state index contributed by atoms with van der Waals surface area (Å²) in [5, 5.41) is 2.76. The van der Waals surface area contributed by atoms with E-state index in [0.717, 1.165) is 5.56 Å². The smallest absolute Gasteiger partial charge is 0.236 e. The fourth-order valence-corrected chi connectivity index (χ4v) is 1.80. The molecule has 0 aliphatic carbocycles. The third-order valence-electron chi connectivity index (χ3n) is 2.90. The summed E-state index contributed by atoms with van der Waals surface area (Å²) in [5.74, 6) is 1.80. The van der Waals surface area contributed by atoms with Gasteiger partial charge < -0.3 is 25.3 Å². The number of methoxy groups -OCH3 is 3. The molecule has 0 fully saturated rings. The Bertz CT molecular complexity index is 435. The molecule has 0 saturated heterocycles. The lowest BCUT2D eigenvalue weighted by atomic mass is 10.1. The zero-order valence-electron chi connectivity index (χ0n) is 12.4. The van der Waals surface area contributed by atoms with Crippen LogP contribution in [-0.4, -0.2) is 39.8 Å². The molecule has 0 radical (unpaired) electrons. The van der Waals surface area contributed by atoms with Gasteiger partial charge in [0.2, 0.25) is 5.91 Å². The molecule has 0 heterocycles. The van der Waals surface area contributed by atoms with E-state index in [4.69, 9.17) is 19.9 Å². The molecular weight excluding hydrogens is 260 g/mol. The number of nitrogens with two attached hydrogens (primary N) is 1. The zero-order chi connectivity index (χ0) is 15.1. The van der Waals surface area contributed by atoms with Crippen molar-refractivity contribution in [2.24, 2.45) is 5.73 Å². The summed E-state index contributed by atoms with van der Waals surface area (Å²) in [7, 11) is 4.74. The minimum Gasteiger partial charge on any atom is -0.496 e. The summed E-state index contributed by atoms with van der Waals surface area (Å²) < 4.78 is 15.9. The number of hydrogen-bond acceptors (Lipinski definition) is 5. The average molecular weight is 282 g/mol. The van der Waals surface area contributed by atoms with Crippen LogP contribution < -0.4 is 25.3 Å². The first-order chi connectivity index (χ1) is 9.53. The van der Waals surface area contributed by atoms with E-state index in [9.17, 15) is 4.79 Å². The molecule has 0 aliphatic heterocycles. The lowest BCUT2D eigenvalue weighted by Crippen LogP contribution is -2.39. The highest BCUT2D eigenvalue weighted by atomic mass is 16.5. The molecule has 0 bridgehead atoms. The van der Waals surface area contributed by atoms with Gasteiger partial charge in [0, 0.05) is 24.2 Å². The van der Waals surface area contributed by atoms with Crippen molar-refractivity contribution in [1.29, 1.82) is 0 Å². The first kappa shape index (κ1) is 16.1. The molecule has 6 heteroatoms. The molecule has 20 heavy (non-hydrogen) atoms. The maximum Gasteiger partial charge on any atom is 0.236 e. The molecule has 6 nitrogen and oxygen atoms in total. The number of nitrogens with one attached hydrogen (secondary N) is 1. The van der Waals surface area contributed by atoms with Crippen molar-refractivity contribution < 1.29 is 19.0 Å². The SMILES string of the molecule is COc1cc(OC)c(CCNC(=O)[C@H](C)N)c(OC)c1. The fraction of sp³-hybridized carbons (Fsp3) is 0.500. The Balaban J connectivity index is 2.84. The van der Waals surface area contributed by atoms with E-state index < -0.39 is 6.04 Å². The highest BCUT2D eigenvalue weighted by Gasteiger charge is 2.14. The second kappa shape index (κ2) is 7.59. The lowest BCUT2D eigenvalue weighted by Gasteiger charge is -2.15. The van der Waals surface area contributed by atoms with Crippen LogP contribution in [0, 0.1) is 0 Å². The predicted molar refractivity (Wildman–Crippen MR) is 76.5 cm³/mol. The lowest BCUT2D eigenvalue weighted by molar-refractivity contribution is -0.121. The molecule has 0 unspecified atom stereocenters. The molecule has 1 atom stereocenters. The highest BCUT2D eigenvalue weighted by Crippen LogP contribution is 2.34. The van der Waals surface area contributed by atoms with Crippen LogP contribution in [0.3, 0.4) is 0 Å². The van der Waals surface area contributed by atoms with Crippen LogP contribution in [-0.2, 0) is 11.2 Å². The molecule has 1 amide bonds. The monoisotopic (exact) mass is 282 g/mol. The molecule has 112 valence electrons. The van der Waals surface area contributed by atoms with Gasteiger partial charge in [0.25, 0.3) is 0 Å². The number of carbonyl (C=O) groups is 1. The highest BCUT2D eigenvalue weighted by molar-refractivity contribution is 5.80. The van der Waals surface area contributed by atoms with E-state index in [0.29, 0.717) is 30.2 Å². The normalized spacial score (nSPS) is 11.7. The number of hydrogen-bond donors (Lipinski definition) is 2. The van der Waals surface area contributed by atoms with E-state index in [1.807, 2.05) is 0 Å². The minimum atomic E-state index is -0.519. The number of benzene rings is 1. The van der Waals surface area contributed by atoms with Crippen LogP contribution in [0.5, 0.6) is 17.2 Å². The molecule has 1 rings (SSSR count). The summed E-state index contributed by atoms with van der Waals surface area (Å²) in [4.78, 5) is 11.4. The molecule has 0 spiro atoms. The van der Waals surface area contributed by atoms with Crippen molar-refractivity contribution in [3.8, 4) is 17.2 Å². The van der Waals surface area contributed by atoms with Gasteiger partial charge in [-0.3, -0.25) is 4.79 Å². The largest absolute Gasteiger partial charge is 0.496 e. The fourth-order valence-electron chi connectivity index (χ4n) is 1.80. The number of carbonyl (C=O) groups excluding carboxylic acids is 1. The Morgan fingerprint density at radius 2 is 1.75 bits per heavy atom. The first-order valence-electron chi connectivity index (χ1n) is 6.35. The molecular formula is C14H22N2O4. The molecule has 3 N–H and O–H groups in total.